The van der Waals surface area contributed by atoms with Crippen LogP contribution in [0.2, 0.25) is 0 Å². The quantitative estimate of drug-likeness (QED) is 0.278. The smallest absolute Gasteiger partial charge is 0.0708 e. The van der Waals surface area contributed by atoms with Gasteiger partial charge in [-0.1, -0.05) is 80.1 Å². The molecule has 0 aliphatic heterocycles. The standard InChI is InChI=1S/C27H24N2S/c1-2-10-22-13-6-8-15-26(22)28-19-23-17-18-24(30-23)20-29-27-16-9-7-14-25(27)21-11-4-3-5-12-21/h3-9,11-20H,2,10H2,1H3. The first kappa shape index (κ1) is 20.0. The summed E-state index contributed by atoms with van der Waals surface area (Å²) in [5.74, 6) is 0. The van der Waals surface area contributed by atoms with Gasteiger partial charge in [-0.15, -0.1) is 11.3 Å². The molecule has 0 spiro atoms. The second-order valence-electron chi connectivity index (χ2n) is 7.02. The van der Waals surface area contributed by atoms with Crippen molar-refractivity contribution in [3.63, 3.8) is 0 Å². The highest BCUT2D eigenvalue weighted by molar-refractivity contribution is 7.15. The summed E-state index contributed by atoms with van der Waals surface area (Å²) in [5.41, 5.74) is 5.64. The molecule has 1 aromatic heterocycles. The van der Waals surface area contributed by atoms with Crippen LogP contribution in [-0.4, -0.2) is 12.4 Å². The molecule has 0 unspecified atom stereocenters. The molecular formula is C27H24N2S. The van der Waals surface area contributed by atoms with Gasteiger partial charge in [0.15, 0.2) is 0 Å². The van der Waals surface area contributed by atoms with E-state index in [-0.39, 0.29) is 0 Å². The summed E-state index contributed by atoms with van der Waals surface area (Å²) in [4.78, 5) is 11.7. The molecule has 3 heteroatoms. The maximum atomic E-state index is 4.76. The van der Waals surface area contributed by atoms with E-state index in [0.717, 1.165) is 39.5 Å². The Kier molecular flexibility index (Phi) is 6.63. The average molecular weight is 409 g/mol. The van der Waals surface area contributed by atoms with Gasteiger partial charge >= 0.3 is 0 Å². The average Bonchev–Trinajstić information content (AvgIpc) is 3.26. The van der Waals surface area contributed by atoms with Gasteiger partial charge in [0.1, 0.15) is 0 Å². The SMILES string of the molecule is CCCc1ccccc1N=Cc1ccc(C=Nc2ccccc2-c2ccccc2)s1. The van der Waals surface area contributed by atoms with E-state index in [2.05, 4.69) is 79.7 Å². The summed E-state index contributed by atoms with van der Waals surface area (Å²) in [7, 11) is 0. The van der Waals surface area contributed by atoms with Gasteiger partial charge in [-0.2, -0.15) is 0 Å². The number of nitrogens with zero attached hydrogens (tertiary/aromatic N) is 2. The third-order valence-corrected chi connectivity index (χ3v) is 5.76. The van der Waals surface area contributed by atoms with Crippen molar-refractivity contribution in [2.24, 2.45) is 9.98 Å². The van der Waals surface area contributed by atoms with Crippen molar-refractivity contribution in [1.29, 1.82) is 0 Å². The Bertz CT molecular complexity index is 1160. The Balaban J connectivity index is 1.52. The highest BCUT2D eigenvalue weighted by Gasteiger charge is 2.03. The highest BCUT2D eigenvalue weighted by atomic mass is 32.1. The number of rotatable bonds is 7. The predicted molar refractivity (Wildman–Crippen MR) is 131 cm³/mol. The largest absolute Gasteiger partial charge is 0.255 e. The molecule has 1 heterocycles. The molecule has 0 saturated heterocycles. The normalized spacial score (nSPS) is 11.5. The van der Waals surface area contributed by atoms with E-state index in [1.807, 2.05) is 30.6 Å². The molecule has 30 heavy (non-hydrogen) atoms. The van der Waals surface area contributed by atoms with Crippen LogP contribution in [0.4, 0.5) is 11.4 Å². The van der Waals surface area contributed by atoms with Crippen LogP contribution in [-0.2, 0) is 6.42 Å². The van der Waals surface area contributed by atoms with Gasteiger partial charge in [-0.05, 0) is 41.8 Å². The summed E-state index contributed by atoms with van der Waals surface area (Å²) in [6.45, 7) is 2.20. The van der Waals surface area contributed by atoms with Crippen molar-refractivity contribution in [2.75, 3.05) is 0 Å². The van der Waals surface area contributed by atoms with E-state index in [4.69, 9.17) is 9.98 Å². The van der Waals surface area contributed by atoms with E-state index in [1.54, 1.807) is 11.3 Å². The zero-order chi connectivity index (χ0) is 20.6. The second-order valence-corrected chi connectivity index (χ2v) is 8.17. The highest BCUT2D eigenvalue weighted by Crippen LogP contribution is 2.30. The number of para-hydroxylation sites is 2. The van der Waals surface area contributed by atoms with Crippen LogP contribution in [0.25, 0.3) is 11.1 Å². The van der Waals surface area contributed by atoms with Gasteiger partial charge in [0.25, 0.3) is 0 Å². The number of aliphatic imine (C=N–C) groups is 2. The van der Waals surface area contributed by atoms with E-state index in [9.17, 15) is 0 Å². The minimum absolute atomic E-state index is 0.973. The Morgan fingerprint density at radius 1 is 0.667 bits per heavy atom. The Labute approximate surface area is 182 Å². The van der Waals surface area contributed by atoms with Crippen molar-refractivity contribution < 1.29 is 0 Å². The van der Waals surface area contributed by atoms with Crippen molar-refractivity contribution in [2.45, 2.75) is 19.8 Å². The third-order valence-electron chi connectivity index (χ3n) is 4.81. The zero-order valence-electron chi connectivity index (χ0n) is 17.0. The monoisotopic (exact) mass is 408 g/mol. The molecule has 0 N–H and O–H groups in total. The molecule has 0 bridgehead atoms. The van der Waals surface area contributed by atoms with E-state index in [1.165, 1.54) is 11.1 Å². The van der Waals surface area contributed by atoms with Gasteiger partial charge in [-0.3, -0.25) is 9.98 Å². The first-order valence-electron chi connectivity index (χ1n) is 10.2. The van der Waals surface area contributed by atoms with Crippen LogP contribution in [0.1, 0.15) is 28.7 Å². The Hall–Kier alpha value is -3.30. The number of aryl methyl sites for hydroxylation is 1. The zero-order valence-corrected chi connectivity index (χ0v) is 17.8. The van der Waals surface area contributed by atoms with Crippen molar-refractivity contribution in [3.05, 3.63) is 106 Å². The molecule has 0 aliphatic carbocycles. The fraction of sp³-hybridized carbons (Fsp3) is 0.111. The molecule has 0 amide bonds. The number of thiophene rings is 1. The maximum absolute atomic E-state index is 4.76. The Morgan fingerprint density at radius 2 is 1.27 bits per heavy atom. The summed E-state index contributed by atoms with van der Waals surface area (Å²) < 4.78 is 0. The van der Waals surface area contributed by atoms with Crippen molar-refractivity contribution in [1.82, 2.24) is 0 Å². The fourth-order valence-electron chi connectivity index (χ4n) is 3.34. The van der Waals surface area contributed by atoms with Gasteiger partial charge < -0.3 is 0 Å². The summed E-state index contributed by atoms with van der Waals surface area (Å²) in [6, 6.07) is 31.2. The van der Waals surface area contributed by atoms with Gasteiger partial charge in [-0.25, -0.2) is 0 Å². The second kappa shape index (κ2) is 9.95. The van der Waals surface area contributed by atoms with E-state index >= 15 is 0 Å². The van der Waals surface area contributed by atoms with Crippen LogP contribution in [0.15, 0.2) is 101 Å². The minimum Gasteiger partial charge on any atom is -0.255 e. The molecule has 0 radical (unpaired) electrons. The molecule has 148 valence electrons. The minimum atomic E-state index is 0.973. The van der Waals surface area contributed by atoms with E-state index < -0.39 is 0 Å². The summed E-state index contributed by atoms with van der Waals surface area (Å²) in [6.07, 6.45) is 6.07. The molecule has 0 saturated carbocycles. The molecule has 3 aromatic carbocycles. The summed E-state index contributed by atoms with van der Waals surface area (Å²) >= 11 is 1.69. The van der Waals surface area contributed by atoms with Gasteiger partial charge in [0.05, 0.1) is 11.4 Å². The lowest BCUT2D eigenvalue weighted by molar-refractivity contribution is 0.922. The van der Waals surface area contributed by atoms with Crippen LogP contribution < -0.4 is 0 Å². The predicted octanol–water partition coefficient (Wildman–Crippen LogP) is 7.87. The van der Waals surface area contributed by atoms with Crippen LogP contribution in [0.5, 0.6) is 0 Å². The molecule has 4 aromatic rings. The molecule has 0 fully saturated rings. The van der Waals surface area contributed by atoms with Crippen molar-refractivity contribution in [3.8, 4) is 11.1 Å². The molecule has 2 nitrogen and oxygen atoms in total. The summed E-state index contributed by atoms with van der Waals surface area (Å²) in [5, 5.41) is 0. The van der Waals surface area contributed by atoms with Crippen LogP contribution >= 0.6 is 11.3 Å². The van der Waals surface area contributed by atoms with E-state index in [0.29, 0.717) is 0 Å². The number of hydrogen-bond acceptors (Lipinski definition) is 3. The van der Waals surface area contributed by atoms with Gasteiger partial charge in [0, 0.05) is 27.7 Å². The third kappa shape index (κ3) is 5.00. The lowest BCUT2D eigenvalue weighted by Gasteiger charge is -2.05. The Morgan fingerprint density at radius 3 is 2.00 bits per heavy atom. The lowest BCUT2D eigenvalue weighted by Crippen LogP contribution is -1.84. The molecule has 0 aliphatic rings. The molecule has 4 rings (SSSR count). The molecule has 0 atom stereocenters. The van der Waals surface area contributed by atoms with Gasteiger partial charge in [0.2, 0.25) is 0 Å². The topological polar surface area (TPSA) is 24.7 Å². The fourth-order valence-corrected chi connectivity index (χ4v) is 4.09. The lowest BCUT2D eigenvalue weighted by atomic mass is 10.0. The molecular weight excluding hydrogens is 384 g/mol. The number of hydrogen-bond donors (Lipinski definition) is 0. The van der Waals surface area contributed by atoms with Crippen LogP contribution in [0.3, 0.4) is 0 Å². The van der Waals surface area contributed by atoms with Crippen LogP contribution in [0, 0.1) is 0 Å². The maximum Gasteiger partial charge on any atom is 0.0708 e. The number of benzene rings is 3. The van der Waals surface area contributed by atoms with Crippen molar-refractivity contribution >= 4 is 35.1 Å². The first-order valence-corrected chi connectivity index (χ1v) is 11.1. The first-order chi connectivity index (χ1) is 14.8.